The zero-order chi connectivity index (χ0) is 18.4. The zero-order valence-corrected chi connectivity index (χ0v) is 14.7. The van der Waals surface area contributed by atoms with Crippen LogP contribution in [0.15, 0.2) is 30.3 Å². The minimum atomic E-state index is -1.08. The monoisotopic (exact) mass is 352 g/mol. The van der Waals surface area contributed by atoms with Crippen LogP contribution in [0, 0.1) is 0 Å². The number of aliphatic hydroxyl groups excluding tert-OH is 2. The van der Waals surface area contributed by atoms with E-state index in [9.17, 15) is 15.0 Å². The van der Waals surface area contributed by atoms with Crippen LogP contribution in [-0.4, -0.2) is 65.8 Å². The Morgan fingerprint density at radius 3 is 2.72 bits per heavy atom. The van der Waals surface area contributed by atoms with Crippen LogP contribution in [0.25, 0.3) is 0 Å². The Morgan fingerprint density at radius 2 is 2.08 bits per heavy atom. The fourth-order valence-electron chi connectivity index (χ4n) is 2.91. The van der Waals surface area contributed by atoms with E-state index in [1.807, 2.05) is 37.3 Å². The van der Waals surface area contributed by atoms with Crippen molar-refractivity contribution in [2.24, 2.45) is 5.73 Å². The average Bonchev–Trinajstić information content (AvgIpc) is 2.59. The minimum absolute atomic E-state index is 0.0561. The lowest BCUT2D eigenvalue weighted by Crippen LogP contribution is -2.60. The van der Waals surface area contributed by atoms with Gasteiger partial charge in [0.15, 0.2) is 0 Å². The third kappa shape index (κ3) is 5.49. The topological polar surface area (TPSA) is 114 Å². The number of amides is 1. The molecule has 0 spiro atoms. The lowest BCUT2D eigenvalue weighted by molar-refractivity contribution is -0.188. The molecule has 6 atom stereocenters. The molecule has 1 aliphatic heterocycles. The van der Waals surface area contributed by atoms with Gasteiger partial charge in [-0.2, -0.15) is 0 Å². The molecular weight excluding hydrogens is 324 g/mol. The van der Waals surface area contributed by atoms with Crippen molar-refractivity contribution in [2.75, 3.05) is 13.2 Å². The molecule has 1 heterocycles. The van der Waals surface area contributed by atoms with Crippen LogP contribution in [0.2, 0.25) is 0 Å². The molecule has 0 bridgehead atoms. The number of nitrogens with two attached hydrogens (primary N) is 1. The number of carbonyl (C=O) groups is 1. The summed E-state index contributed by atoms with van der Waals surface area (Å²) in [5, 5.41) is 22.3. The summed E-state index contributed by atoms with van der Waals surface area (Å²) in [6.07, 6.45) is -2.66. The molecule has 1 aliphatic rings. The van der Waals surface area contributed by atoms with Crippen LogP contribution in [0.1, 0.15) is 19.4 Å². The number of hydrogen-bond acceptors (Lipinski definition) is 6. The predicted molar refractivity (Wildman–Crippen MR) is 92.9 cm³/mol. The standard InChI is InChI=1S/C18H28N2O5/c1-11(8-13-6-4-3-5-7-13)20-18(23)12(2)25-17-14(19)10-24-15(9-21)16(17)22/h3-7,11-12,14-17,21-22H,8-10,19H2,1-2H3,(H,20,23)/t11-,12+,14?,15?,16+,17+/m0/s1. The van der Waals surface area contributed by atoms with Gasteiger partial charge < -0.3 is 30.7 Å². The van der Waals surface area contributed by atoms with Gasteiger partial charge in [-0.3, -0.25) is 4.79 Å². The van der Waals surface area contributed by atoms with Gasteiger partial charge in [-0.05, 0) is 25.8 Å². The summed E-state index contributed by atoms with van der Waals surface area (Å²) < 4.78 is 10.9. The smallest absolute Gasteiger partial charge is 0.249 e. The second-order valence-electron chi connectivity index (χ2n) is 6.55. The Hall–Kier alpha value is -1.51. The summed E-state index contributed by atoms with van der Waals surface area (Å²) in [5.74, 6) is -0.269. The highest BCUT2D eigenvalue weighted by atomic mass is 16.6. The molecule has 1 amide bonds. The SMILES string of the molecule is C[C@@H](Cc1ccccc1)NC(=O)[C@@H](C)O[C@@H]1C(N)COC(CO)[C@H]1O. The Morgan fingerprint density at radius 1 is 1.40 bits per heavy atom. The van der Waals surface area contributed by atoms with E-state index in [1.165, 1.54) is 0 Å². The molecule has 140 valence electrons. The first kappa shape index (κ1) is 19.8. The molecular formula is C18H28N2O5. The Labute approximate surface area is 148 Å². The largest absolute Gasteiger partial charge is 0.394 e. The van der Waals surface area contributed by atoms with Crippen molar-refractivity contribution < 1.29 is 24.5 Å². The van der Waals surface area contributed by atoms with Gasteiger partial charge in [-0.1, -0.05) is 30.3 Å². The van der Waals surface area contributed by atoms with Crippen LogP contribution >= 0.6 is 0 Å². The molecule has 0 aliphatic carbocycles. The van der Waals surface area contributed by atoms with Crippen molar-refractivity contribution in [3.63, 3.8) is 0 Å². The summed E-state index contributed by atoms with van der Waals surface area (Å²) >= 11 is 0. The number of carbonyl (C=O) groups excluding carboxylic acids is 1. The fourth-order valence-corrected chi connectivity index (χ4v) is 2.91. The highest BCUT2D eigenvalue weighted by Gasteiger charge is 2.40. The Bertz CT molecular complexity index is 542. The highest BCUT2D eigenvalue weighted by Crippen LogP contribution is 2.18. The maximum atomic E-state index is 12.3. The molecule has 0 radical (unpaired) electrons. The molecule has 5 N–H and O–H groups in total. The van der Waals surface area contributed by atoms with E-state index in [1.54, 1.807) is 6.92 Å². The minimum Gasteiger partial charge on any atom is -0.394 e. The number of ether oxygens (including phenoxy) is 2. The van der Waals surface area contributed by atoms with Crippen LogP contribution in [-0.2, 0) is 20.7 Å². The van der Waals surface area contributed by atoms with Gasteiger partial charge in [-0.15, -0.1) is 0 Å². The van der Waals surface area contributed by atoms with Crippen LogP contribution in [0.4, 0.5) is 0 Å². The first-order chi connectivity index (χ1) is 11.9. The van der Waals surface area contributed by atoms with E-state index < -0.39 is 30.5 Å². The fraction of sp³-hybridized carbons (Fsp3) is 0.611. The molecule has 2 unspecified atom stereocenters. The van der Waals surface area contributed by atoms with Crippen LogP contribution in [0.3, 0.4) is 0 Å². The van der Waals surface area contributed by atoms with Gasteiger partial charge >= 0.3 is 0 Å². The van der Waals surface area contributed by atoms with Crippen molar-refractivity contribution in [2.45, 2.75) is 56.8 Å². The van der Waals surface area contributed by atoms with Crippen molar-refractivity contribution in [3.8, 4) is 0 Å². The Balaban J connectivity index is 1.86. The van der Waals surface area contributed by atoms with Gasteiger partial charge in [0.1, 0.15) is 24.4 Å². The number of nitrogens with one attached hydrogen (secondary N) is 1. The third-order valence-electron chi connectivity index (χ3n) is 4.33. The lowest BCUT2D eigenvalue weighted by Gasteiger charge is -2.39. The molecule has 1 aromatic rings. The van der Waals surface area contributed by atoms with E-state index in [0.717, 1.165) is 5.56 Å². The number of hydrogen-bond donors (Lipinski definition) is 4. The normalized spacial score (nSPS) is 29.0. The summed E-state index contributed by atoms with van der Waals surface area (Å²) in [5.41, 5.74) is 7.05. The van der Waals surface area contributed by atoms with Crippen molar-refractivity contribution in [1.29, 1.82) is 0 Å². The van der Waals surface area contributed by atoms with Crippen molar-refractivity contribution >= 4 is 5.91 Å². The summed E-state index contributed by atoms with van der Waals surface area (Å²) in [7, 11) is 0. The van der Waals surface area contributed by atoms with E-state index >= 15 is 0 Å². The molecule has 1 saturated heterocycles. The third-order valence-corrected chi connectivity index (χ3v) is 4.33. The summed E-state index contributed by atoms with van der Waals surface area (Å²) in [6.45, 7) is 3.37. The number of aliphatic hydroxyl groups is 2. The quantitative estimate of drug-likeness (QED) is 0.530. The van der Waals surface area contributed by atoms with E-state index in [4.69, 9.17) is 15.2 Å². The van der Waals surface area contributed by atoms with E-state index in [-0.39, 0.29) is 25.2 Å². The molecule has 25 heavy (non-hydrogen) atoms. The van der Waals surface area contributed by atoms with Crippen LogP contribution in [0.5, 0.6) is 0 Å². The number of benzene rings is 1. The lowest BCUT2D eigenvalue weighted by atomic mass is 9.98. The predicted octanol–water partition coefficient (Wildman–Crippen LogP) is -0.413. The molecule has 0 aromatic heterocycles. The highest BCUT2D eigenvalue weighted by molar-refractivity contribution is 5.80. The van der Waals surface area contributed by atoms with Gasteiger partial charge in [0.25, 0.3) is 0 Å². The first-order valence-electron chi connectivity index (χ1n) is 8.58. The molecule has 2 rings (SSSR count). The zero-order valence-electron chi connectivity index (χ0n) is 14.7. The second kappa shape index (κ2) is 9.26. The maximum Gasteiger partial charge on any atom is 0.249 e. The molecule has 7 nitrogen and oxygen atoms in total. The van der Waals surface area contributed by atoms with Crippen LogP contribution < -0.4 is 11.1 Å². The Kier molecular flexibility index (Phi) is 7.34. The average molecular weight is 352 g/mol. The van der Waals surface area contributed by atoms with Gasteiger partial charge in [0, 0.05) is 6.04 Å². The van der Waals surface area contributed by atoms with Gasteiger partial charge in [0.05, 0.1) is 19.3 Å². The first-order valence-corrected chi connectivity index (χ1v) is 8.58. The summed E-state index contributed by atoms with van der Waals surface area (Å²) in [4.78, 5) is 12.3. The van der Waals surface area contributed by atoms with Gasteiger partial charge in [0.2, 0.25) is 5.91 Å². The molecule has 1 aromatic carbocycles. The molecule has 0 saturated carbocycles. The second-order valence-corrected chi connectivity index (χ2v) is 6.55. The van der Waals surface area contributed by atoms with Crippen molar-refractivity contribution in [3.05, 3.63) is 35.9 Å². The molecule has 1 fully saturated rings. The van der Waals surface area contributed by atoms with E-state index in [0.29, 0.717) is 6.42 Å². The number of rotatable bonds is 7. The van der Waals surface area contributed by atoms with Crippen molar-refractivity contribution in [1.82, 2.24) is 5.32 Å². The van der Waals surface area contributed by atoms with Gasteiger partial charge in [-0.25, -0.2) is 0 Å². The maximum absolute atomic E-state index is 12.3. The summed E-state index contributed by atoms with van der Waals surface area (Å²) in [6, 6.07) is 9.27. The molecule has 7 heteroatoms. The van der Waals surface area contributed by atoms with E-state index in [2.05, 4.69) is 5.32 Å².